The number of carbonyl (C=O) groups is 3. The Labute approximate surface area is 231 Å². The molecule has 4 amide bonds. The van der Waals surface area contributed by atoms with Crippen LogP contribution < -0.4 is 26.4 Å². The lowest BCUT2D eigenvalue weighted by atomic mass is 10.1. The van der Waals surface area contributed by atoms with E-state index in [1.165, 1.54) is 11.8 Å². The van der Waals surface area contributed by atoms with Gasteiger partial charge in [0.05, 0.1) is 12.8 Å². The third-order valence-electron chi connectivity index (χ3n) is 5.72. The van der Waals surface area contributed by atoms with Crippen LogP contribution in [0.15, 0.2) is 107 Å². The van der Waals surface area contributed by atoms with Gasteiger partial charge in [0.2, 0.25) is 0 Å². The van der Waals surface area contributed by atoms with E-state index in [1.807, 2.05) is 48.5 Å². The first-order valence-electron chi connectivity index (χ1n) is 12.1. The highest BCUT2D eigenvalue weighted by atomic mass is 32.2. The van der Waals surface area contributed by atoms with Crippen LogP contribution in [0.3, 0.4) is 0 Å². The van der Waals surface area contributed by atoms with Crippen LogP contribution in [0.25, 0.3) is 0 Å². The van der Waals surface area contributed by atoms with Crippen molar-refractivity contribution in [2.24, 2.45) is 5.73 Å². The van der Waals surface area contributed by atoms with Crippen molar-refractivity contribution >= 4 is 35.3 Å². The third kappa shape index (κ3) is 7.70. The molecule has 0 fully saturated rings. The van der Waals surface area contributed by atoms with Gasteiger partial charge in [-0.2, -0.15) is 0 Å². The van der Waals surface area contributed by atoms with E-state index in [2.05, 4.69) is 16.0 Å². The molecule has 0 unspecified atom stereocenters. The van der Waals surface area contributed by atoms with Crippen LogP contribution in [0.1, 0.15) is 31.8 Å². The number of imide groups is 1. The molecule has 0 atom stereocenters. The van der Waals surface area contributed by atoms with Gasteiger partial charge in [-0.3, -0.25) is 14.9 Å². The summed E-state index contributed by atoms with van der Waals surface area (Å²) >= 11 is 1.40. The first-order chi connectivity index (χ1) is 18.9. The zero-order valence-corrected chi connectivity index (χ0v) is 22.1. The summed E-state index contributed by atoms with van der Waals surface area (Å²) in [5.74, 6) is -0.121. The smallest absolute Gasteiger partial charge is 0.326 e. The molecule has 0 radical (unpaired) electrons. The molecule has 0 heterocycles. The molecule has 4 rings (SSSR count). The number of nitrogens with one attached hydrogen (secondary N) is 3. The summed E-state index contributed by atoms with van der Waals surface area (Å²) in [5, 5.41) is 7.96. The predicted octanol–water partition coefficient (Wildman–Crippen LogP) is 5.20. The molecule has 4 aromatic carbocycles. The summed E-state index contributed by atoms with van der Waals surface area (Å²) < 4.78 is 5.22. The molecule has 0 aliphatic carbocycles. The molecule has 0 bridgehead atoms. The van der Waals surface area contributed by atoms with Crippen molar-refractivity contribution < 1.29 is 19.1 Å². The van der Waals surface area contributed by atoms with Gasteiger partial charge in [0.1, 0.15) is 5.75 Å². The number of rotatable bonds is 9. The second kappa shape index (κ2) is 13.3. The topological polar surface area (TPSA) is 123 Å². The SMILES string of the molecule is COc1ccc(Sc2ccc(C(=O)NCc3cccc(CN)c3)cc2NC(=O)NC(=O)c2ccccc2)cc1. The molecule has 4 aromatic rings. The summed E-state index contributed by atoms with van der Waals surface area (Å²) in [6.07, 6.45) is 0. The number of hydrogen-bond acceptors (Lipinski definition) is 6. The molecule has 39 heavy (non-hydrogen) atoms. The molecule has 8 nitrogen and oxygen atoms in total. The highest BCUT2D eigenvalue weighted by Gasteiger charge is 2.15. The number of nitrogens with two attached hydrogens (primary N) is 1. The molecular weight excluding hydrogens is 512 g/mol. The van der Waals surface area contributed by atoms with Crippen LogP contribution in [0, 0.1) is 0 Å². The zero-order valence-electron chi connectivity index (χ0n) is 21.3. The summed E-state index contributed by atoms with van der Waals surface area (Å²) in [7, 11) is 1.60. The van der Waals surface area contributed by atoms with Gasteiger partial charge in [-0.25, -0.2) is 4.79 Å². The van der Waals surface area contributed by atoms with E-state index < -0.39 is 11.9 Å². The maximum absolute atomic E-state index is 13.0. The minimum atomic E-state index is -0.711. The number of methoxy groups -OCH3 is 1. The fourth-order valence-electron chi connectivity index (χ4n) is 3.70. The van der Waals surface area contributed by atoms with Crippen molar-refractivity contribution in [1.82, 2.24) is 10.6 Å². The van der Waals surface area contributed by atoms with Gasteiger partial charge < -0.3 is 21.1 Å². The molecule has 0 spiro atoms. The van der Waals surface area contributed by atoms with Gasteiger partial charge in [-0.15, -0.1) is 0 Å². The highest BCUT2D eigenvalue weighted by Crippen LogP contribution is 2.35. The van der Waals surface area contributed by atoms with E-state index in [0.29, 0.717) is 34.8 Å². The normalized spacial score (nSPS) is 10.4. The third-order valence-corrected chi connectivity index (χ3v) is 6.80. The van der Waals surface area contributed by atoms with Crippen molar-refractivity contribution in [2.45, 2.75) is 22.9 Å². The zero-order chi connectivity index (χ0) is 27.6. The molecule has 0 saturated heterocycles. The van der Waals surface area contributed by atoms with Crippen molar-refractivity contribution in [1.29, 1.82) is 0 Å². The quantitative estimate of drug-likeness (QED) is 0.232. The maximum atomic E-state index is 13.0. The Hall–Kier alpha value is -4.60. The molecule has 0 aliphatic rings. The molecule has 0 aromatic heterocycles. The van der Waals surface area contributed by atoms with Crippen molar-refractivity contribution in [3.05, 3.63) is 119 Å². The summed E-state index contributed by atoms with van der Waals surface area (Å²) in [4.78, 5) is 39.8. The minimum absolute atomic E-state index is 0.307. The van der Waals surface area contributed by atoms with Crippen molar-refractivity contribution in [3.8, 4) is 5.75 Å². The molecule has 9 heteroatoms. The van der Waals surface area contributed by atoms with Crippen molar-refractivity contribution in [2.75, 3.05) is 12.4 Å². The average molecular weight is 541 g/mol. The Balaban J connectivity index is 1.53. The Morgan fingerprint density at radius 3 is 2.26 bits per heavy atom. The number of ether oxygens (including phenoxy) is 1. The van der Waals surface area contributed by atoms with Crippen LogP contribution in [0.2, 0.25) is 0 Å². The second-order valence-electron chi connectivity index (χ2n) is 8.47. The van der Waals surface area contributed by atoms with E-state index in [9.17, 15) is 14.4 Å². The van der Waals surface area contributed by atoms with Crippen LogP contribution in [-0.2, 0) is 13.1 Å². The first kappa shape index (κ1) is 27.4. The summed E-state index contributed by atoms with van der Waals surface area (Å²) in [6.45, 7) is 0.739. The van der Waals surface area contributed by atoms with E-state index in [-0.39, 0.29) is 5.91 Å². The van der Waals surface area contributed by atoms with Crippen LogP contribution in [-0.4, -0.2) is 25.0 Å². The van der Waals surface area contributed by atoms with Gasteiger partial charge in [0.25, 0.3) is 11.8 Å². The maximum Gasteiger partial charge on any atom is 0.326 e. The number of urea groups is 1. The Morgan fingerprint density at radius 1 is 0.795 bits per heavy atom. The Morgan fingerprint density at radius 2 is 1.54 bits per heavy atom. The number of hydrogen-bond donors (Lipinski definition) is 4. The molecule has 198 valence electrons. The Kier molecular flexibility index (Phi) is 9.34. The Bertz CT molecular complexity index is 1460. The van der Waals surface area contributed by atoms with Gasteiger partial charge in [0.15, 0.2) is 0 Å². The lowest BCUT2D eigenvalue weighted by Gasteiger charge is -2.14. The minimum Gasteiger partial charge on any atom is -0.497 e. The fourth-order valence-corrected chi connectivity index (χ4v) is 4.58. The van der Waals surface area contributed by atoms with Crippen LogP contribution in [0.4, 0.5) is 10.5 Å². The average Bonchev–Trinajstić information content (AvgIpc) is 2.97. The van der Waals surface area contributed by atoms with Gasteiger partial charge in [-0.05, 0) is 65.7 Å². The predicted molar refractivity (Wildman–Crippen MR) is 152 cm³/mol. The highest BCUT2D eigenvalue weighted by molar-refractivity contribution is 7.99. The first-order valence-corrected chi connectivity index (χ1v) is 13.0. The van der Waals surface area contributed by atoms with Crippen LogP contribution >= 0.6 is 11.8 Å². The monoisotopic (exact) mass is 540 g/mol. The number of anilines is 1. The number of carbonyl (C=O) groups excluding carboxylic acids is 3. The van der Waals surface area contributed by atoms with Crippen LogP contribution in [0.5, 0.6) is 5.75 Å². The van der Waals surface area contributed by atoms with Gasteiger partial charge >= 0.3 is 6.03 Å². The molecule has 5 N–H and O–H groups in total. The molecule has 0 aliphatic heterocycles. The van der Waals surface area contributed by atoms with E-state index in [1.54, 1.807) is 55.6 Å². The molecule has 0 saturated carbocycles. The van der Waals surface area contributed by atoms with Gasteiger partial charge in [0, 0.05) is 34.0 Å². The standard InChI is InChI=1S/C30H28N4O4S/c1-38-24-11-13-25(14-12-24)39-27-15-10-23(28(35)32-19-21-7-5-6-20(16-21)18-31)17-26(27)33-30(37)34-29(36)22-8-3-2-4-9-22/h2-17H,18-19,31H2,1H3,(H,32,35)(H2,33,34,36,37). The number of benzene rings is 4. The van der Waals surface area contributed by atoms with E-state index in [4.69, 9.17) is 10.5 Å². The lowest BCUT2D eigenvalue weighted by molar-refractivity contribution is 0.0946. The second-order valence-corrected chi connectivity index (χ2v) is 9.58. The van der Waals surface area contributed by atoms with E-state index in [0.717, 1.165) is 21.8 Å². The molecular formula is C30H28N4O4S. The fraction of sp³-hybridized carbons (Fsp3) is 0.100. The van der Waals surface area contributed by atoms with E-state index >= 15 is 0 Å². The summed E-state index contributed by atoms with van der Waals surface area (Å²) in [6, 6.07) is 27.9. The summed E-state index contributed by atoms with van der Waals surface area (Å²) in [5.41, 5.74) is 8.71. The van der Waals surface area contributed by atoms with Crippen molar-refractivity contribution in [3.63, 3.8) is 0 Å². The lowest BCUT2D eigenvalue weighted by Crippen LogP contribution is -2.34. The number of amides is 4. The largest absolute Gasteiger partial charge is 0.497 e. The van der Waals surface area contributed by atoms with Gasteiger partial charge in [-0.1, -0.05) is 54.2 Å².